The van der Waals surface area contributed by atoms with Crippen LogP contribution in [0.25, 0.3) is 38.2 Å². The van der Waals surface area contributed by atoms with Crippen molar-refractivity contribution in [1.29, 1.82) is 0 Å². The second-order valence-corrected chi connectivity index (χ2v) is 14.3. The summed E-state index contributed by atoms with van der Waals surface area (Å²) in [4.78, 5) is 9.34. The van der Waals surface area contributed by atoms with Crippen LogP contribution in [-0.4, -0.2) is 10.2 Å². The molecule has 7 nitrogen and oxygen atoms in total. The Morgan fingerprint density at radius 3 is 1.84 bits per heavy atom. The first-order valence-corrected chi connectivity index (χ1v) is 19.3. The summed E-state index contributed by atoms with van der Waals surface area (Å²) in [6.07, 6.45) is 2.21. The highest BCUT2D eigenvalue weighted by Gasteiger charge is 2.31. The number of hydrogen-bond donors (Lipinski definition) is 0. The fourth-order valence-corrected chi connectivity index (χ4v) is 7.72. The molecule has 0 amide bonds. The van der Waals surface area contributed by atoms with Gasteiger partial charge in [0.15, 0.2) is 0 Å². The second-order valence-electron chi connectivity index (χ2n) is 14.3. The number of hydrogen-bond acceptors (Lipinski definition) is 5. The number of fused-ring (bicyclic) bond motifs is 1. The van der Waals surface area contributed by atoms with E-state index in [2.05, 4.69) is 136 Å². The highest BCUT2D eigenvalue weighted by atomic mass is 16.5. The van der Waals surface area contributed by atoms with Crippen molar-refractivity contribution in [1.82, 2.24) is 10.2 Å². The smallest absolute Gasteiger partial charge is 0.485 e. The molecule has 0 fully saturated rings. The Balaban J connectivity index is 0.986. The minimum absolute atomic E-state index is 0.0964. The number of para-hydroxylation sites is 2. The first-order chi connectivity index (χ1) is 28.0. The largest absolute Gasteiger partial charge is 0.523 e. The summed E-state index contributed by atoms with van der Waals surface area (Å²) in [5.74, 6) is 2.58. The predicted molar refractivity (Wildman–Crippen MR) is 227 cm³/mol. The van der Waals surface area contributed by atoms with Gasteiger partial charge in [0.05, 0.1) is 5.57 Å². The topological polar surface area (TPSA) is 60.1 Å². The number of benzene rings is 6. The van der Waals surface area contributed by atoms with Crippen LogP contribution in [0.1, 0.15) is 73.3 Å². The average molecular weight is 744 g/mol. The van der Waals surface area contributed by atoms with Crippen LogP contribution in [0.2, 0.25) is 0 Å². The maximum atomic E-state index is 7.61. The van der Waals surface area contributed by atoms with E-state index in [1.165, 1.54) is 11.1 Å². The Morgan fingerprint density at radius 2 is 1.21 bits per heavy atom. The van der Waals surface area contributed by atoms with E-state index in [-0.39, 0.29) is 11.9 Å². The fourth-order valence-electron chi connectivity index (χ4n) is 7.72. The van der Waals surface area contributed by atoms with Crippen LogP contribution in [0.15, 0.2) is 168 Å². The molecule has 3 atom stereocenters. The number of aromatic nitrogens is 2. The van der Waals surface area contributed by atoms with Crippen LogP contribution in [-0.2, 0) is 0 Å². The summed E-state index contributed by atoms with van der Waals surface area (Å²) in [5, 5.41) is 8.56. The van der Waals surface area contributed by atoms with Crippen molar-refractivity contribution in [3.63, 3.8) is 0 Å². The first-order valence-electron chi connectivity index (χ1n) is 19.3. The maximum absolute atomic E-state index is 7.61. The van der Waals surface area contributed by atoms with Crippen LogP contribution < -0.4 is 9.64 Å². The average Bonchev–Trinajstić information content (AvgIpc) is 3.78. The molecule has 2 heterocycles. The molecular formula is C50H41N5O2. The van der Waals surface area contributed by atoms with E-state index < -0.39 is 0 Å². The number of nitrogens with zero attached hydrogens (tertiary/aromatic N) is 5. The van der Waals surface area contributed by atoms with Gasteiger partial charge >= 0.3 is 5.82 Å². The highest BCUT2D eigenvalue weighted by Crippen LogP contribution is 2.44. The zero-order chi connectivity index (χ0) is 39.1. The van der Waals surface area contributed by atoms with Gasteiger partial charge in [0.25, 0.3) is 0 Å². The van der Waals surface area contributed by atoms with Gasteiger partial charge in [0.1, 0.15) is 25.0 Å². The molecule has 0 N–H and O–H groups in total. The molecule has 7 heteroatoms. The third-order valence-electron chi connectivity index (χ3n) is 10.8. The molecule has 0 spiro atoms. The number of ether oxygens (including phenoxy) is 1. The van der Waals surface area contributed by atoms with E-state index in [0.717, 1.165) is 57.7 Å². The normalized spacial score (nSPS) is 14.3. The monoisotopic (exact) mass is 743 g/mol. The molecule has 57 heavy (non-hydrogen) atoms. The van der Waals surface area contributed by atoms with Gasteiger partial charge in [0.2, 0.25) is 11.8 Å². The molecule has 0 radical (unpaired) electrons. The third-order valence-corrected chi connectivity index (χ3v) is 10.8. The molecule has 7 aromatic rings. The van der Waals surface area contributed by atoms with Gasteiger partial charge < -0.3 is 14.1 Å². The van der Waals surface area contributed by atoms with Crippen LogP contribution in [0.5, 0.6) is 5.75 Å². The van der Waals surface area contributed by atoms with Crippen LogP contribution in [0.3, 0.4) is 0 Å². The Kier molecular flexibility index (Phi) is 10.7. The molecule has 278 valence electrons. The van der Waals surface area contributed by atoms with Gasteiger partial charge in [-0.2, -0.15) is 9.69 Å². The Morgan fingerprint density at radius 1 is 0.667 bits per heavy atom. The fraction of sp³-hybridized carbons (Fsp3) is 0.160. The Hall–Kier alpha value is -7.22. The molecular weight excluding hydrogens is 703 g/mol. The van der Waals surface area contributed by atoms with Gasteiger partial charge in [-0.15, -0.1) is 10.2 Å². The summed E-state index contributed by atoms with van der Waals surface area (Å²) in [6.45, 7) is 19.8. The minimum Gasteiger partial charge on any atom is -0.485 e. The van der Waals surface area contributed by atoms with Crippen molar-refractivity contribution in [3.8, 4) is 28.7 Å². The molecule has 1 aliphatic heterocycles. The third kappa shape index (κ3) is 7.83. The van der Waals surface area contributed by atoms with Gasteiger partial charge in [-0.25, -0.2) is 0 Å². The van der Waals surface area contributed by atoms with Crippen molar-refractivity contribution >= 4 is 22.6 Å². The van der Waals surface area contributed by atoms with Gasteiger partial charge in [-0.05, 0) is 108 Å². The molecule has 0 bridgehead atoms. The SMILES string of the molecule is [C-]#[N+]C([N+]#[C-])=C1CC(c2ccc(N(c3ccccc3)c3ccc(C(C)CC(CC)c4ccc(-c5nnc(-c6ccccc6)o5)cc4)cc3)cc2)Oc2ccccc21. The number of anilines is 3. The van der Waals surface area contributed by atoms with Crippen molar-refractivity contribution in [2.75, 3.05) is 4.90 Å². The zero-order valence-electron chi connectivity index (χ0n) is 31.9. The van der Waals surface area contributed by atoms with Gasteiger partial charge in [-0.1, -0.05) is 105 Å². The van der Waals surface area contributed by atoms with E-state index in [0.29, 0.717) is 35.8 Å². The maximum Gasteiger partial charge on any atom is 0.523 e. The molecule has 1 aromatic heterocycles. The van der Waals surface area contributed by atoms with Crippen LogP contribution in [0.4, 0.5) is 17.1 Å². The molecule has 0 aliphatic carbocycles. The van der Waals surface area contributed by atoms with E-state index in [4.69, 9.17) is 22.3 Å². The molecule has 0 saturated carbocycles. The summed E-state index contributed by atoms with van der Waals surface area (Å²) in [5.41, 5.74) is 10.1. The summed E-state index contributed by atoms with van der Waals surface area (Å²) in [6, 6.07) is 53.8. The molecule has 6 aromatic carbocycles. The lowest BCUT2D eigenvalue weighted by atomic mass is 9.84. The standard InChI is InChI=1S/C50H41N5O2/c1-5-35(37-20-22-40(23-21-37)50-54-53-49(57-50)39-14-8-6-9-15-39)32-34(2)36-24-28-42(29-25-36)55(41-16-10-7-11-17-41)43-30-26-38(27-31-43)47-33-45(48(51-3)52-4)44-18-12-13-19-46(44)56-47/h6-31,34-35,47H,5,32-33H2,1-2H3. The molecule has 3 unspecified atom stereocenters. The Labute approximate surface area is 334 Å². The van der Waals surface area contributed by atoms with Crippen LogP contribution >= 0.6 is 0 Å². The lowest BCUT2D eigenvalue weighted by Crippen LogP contribution is -2.15. The number of rotatable bonds is 11. The summed E-state index contributed by atoms with van der Waals surface area (Å²) in [7, 11) is 0. The highest BCUT2D eigenvalue weighted by molar-refractivity contribution is 5.78. The summed E-state index contributed by atoms with van der Waals surface area (Å²) < 4.78 is 12.4. The van der Waals surface area contributed by atoms with Crippen LogP contribution in [0, 0.1) is 13.1 Å². The van der Waals surface area contributed by atoms with Crippen molar-refractivity contribution in [2.45, 2.75) is 51.0 Å². The zero-order valence-corrected chi connectivity index (χ0v) is 31.9. The molecule has 8 rings (SSSR count). The lowest BCUT2D eigenvalue weighted by molar-refractivity contribution is 0.202. The minimum atomic E-state index is -0.309. The van der Waals surface area contributed by atoms with Crippen molar-refractivity contribution in [2.24, 2.45) is 0 Å². The van der Waals surface area contributed by atoms with E-state index in [1.807, 2.05) is 60.7 Å². The first kappa shape index (κ1) is 36.7. The Bertz CT molecular complexity index is 2550. The van der Waals surface area contributed by atoms with E-state index in [9.17, 15) is 0 Å². The van der Waals surface area contributed by atoms with Crippen molar-refractivity contribution in [3.05, 3.63) is 209 Å². The molecule has 1 aliphatic rings. The van der Waals surface area contributed by atoms with Gasteiger partial charge in [-0.3, -0.25) is 0 Å². The van der Waals surface area contributed by atoms with Crippen molar-refractivity contribution < 1.29 is 9.15 Å². The molecule has 0 saturated heterocycles. The van der Waals surface area contributed by atoms with Gasteiger partial charge in [0, 0.05) is 40.2 Å². The quantitative estimate of drug-likeness (QED) is 0.123. The predicted octanol–water partition coefficient (Wildman–Crippen LogP) is 13.6. The summed E-state index contributed by atoms with van der Waals surface area (Å²) >= 11 is 0. The van der Waals surface area contributed by atoms with E-state index in [1.54, 1.807) is 0 Å². The lowest BCUT2D eigenvalue weighted by Gasteiger charge is -2.29. The van der Waals surface area contributed by atoms with E-state index >= 15 is 0 Å². The second kappa shape index (κ2) is 16.7.